The molecule has 1 aromatic rings. The van der Waals surface area contributed by atoms with Crippen LogP contribution in [0.3, 0.4) is 0 Å². The van der Waals surface area contributed by atoms with Crippen molar-refractivity contribution in [2.24, 2.45) is 11.8 Å². The number of ether oxygens (including phenoxy) is 2. The van der Waals surface area contributed by atoms with Crippen LogP contribution in [0.2, 0.25) is 0 Å². The van der Waals surface area contributed by atoms with Crippen LogP contribution in [0.15, 0.2) is 36.4 Å². The van der Waals surface area contributed by atoms with E-state index in [1.54, 1.807) is 39.8 Å². The molecule has 0 radical (unpaired) electrons. The van der Waals surface area contributed by atoms with Crippen LogP contribution in [-0.4, -0.2) is 18.2 Å². The summed E-state index contributed by atoms with van der Waals surface area (Å²) in [5.74, 6) is -1.38. The number of carbonyl (C=O) groups is 2. The molecule has 0 unspecified atom stereocenters. The lowest BCUT2D eigenvalue weighted by Crippen LogP contribution is -2.27. The van der Waals surface area contributed by atoms with E-state index in [9.17, 15) is 9.59 Å². The largest absolute Gasteiger partial charge is 0.421 e. The van der Waals surface area contributed by atoms with Crippen molar-refractivity contribution < 1.29 is 19.1 Å². The molecule has 0 amide bonds. The average Bonchev–Trinajstić information content (AvgIpc) is 2.45. The number of carbonyl (C=O) groups excluding carboxylic acids is 2. The quantitative estimate of drug-likeness (QED) is 0.595. The second-order valence-corrected chi connectivity index (χ2v) is 5.32. The fraction of sp³-hybridized carbons (Fsp3) is 0.412. The molecule has 4 heteroatoms. The first-order valence-electron chi connectivity index (χ1n) is 7.04. The molecule has 0 heterocycles. The Kier molecular flexibility index (Phi) is 6.66. The summed E-state index contributed by atoms with van der Waals surface area (Å²) in [6.45, 7) is 6.91. The van der Waals surface area contributed by atoms with Crippen molar-refractivity contribution in [1.82, 2.24) is 0 Å². The first-order valence-corrected chi connectivity index (χ1v) is 7.04. The van der Waals surface area contributed by atoms with Gasteiger partial charge in [0.05, 0.1) is 11.8 Å². The van der Waals surface area contributed by atoms with Crippen molar-refractivity contribution >= 4 is 18.0 Å². The van der Waals surface area contributed by atoms with E-state index in [0.29, 0.717) is 0 Å². The van der Waals surface area contributed by atoms with Crippen LogP contribution in [0.1, 0.15) is 33.3 Å². The molecule has 0 spiro atoms. The molecule has 0 atom stereocenters. The first kappa shape index (κ1) is 17.0. The number of benzene rings is 1. The molecule has 0 saturated carbocycles. The second kappa shape index (κ2) is 8.25. The Morgan fingerprint density at radius 3 is 1.81 bits per heavy atom. The molecular formula is C17H22O4. The molecule has 0 bridgehead atoms. The predicted molar refractivity (Wildman–Crippen MR) is 81.1 cm³/mol. The van der Waals surface area contributed by atoms with Crippen LogP contribution >= 0.6 is 0 Å². The minimum Gasteiger partial charge on any atom is -0.421 e. The van der Waals surface area contributed by atoms with Crippen LogP contribution in [0.5, 0.6) is 0 Å². The Labute approximate surface area is 125 Å². The van der Waals surface area contributed by atoms with E-state index in [-0.39, 0.29) is 11.8 Å². The summed E-state index contributed by atoms with van der Waals surface area (Å²) < 4.78 is 10.4. The van der Waals surface area contributed by atoms with Gasteiger partial charge in [-0.25, -0.2) is 0 Å². The highest BCUT2D eigenvalue weighted by Gasteiger charge is 2.20. The van der Waals surface area contributed by atoms with Gasteiger partial charge in [0.25, 0.3) is 6.29 Å². The van der Waals surface area contributed by atoms with Gasteiger partial charge in [-0.1, -0.05) is 64.1 Å². The highest BCUT2D eigenvalue weighted by Crippen LogP contribution is 2.10. The van der Waals surface area contributed by atoms with Crippen LogP contribution in [0.4, 0.5) is 0 Å². The number of hydrogen-bond acceptors (Lipinski definition) is 4. The summed E-state index contributed by atoms with van der Waals surface area (Å²) >= 11 is 0. The third-order valence-electron chi connectivity index (χ3n) is 2.65. The average molecular weight is 290 g/mol. The van der Waals surface area contributed by atoms with E-state index < -0.39 is 18.2 Å². The maximum absolute atomic E-state index is 11.7. The minimum absolute atomic E-state index is 0.282. The molecule has 0 aliphatic rings. The zero-order chi connectivity index (χ0) is 15.8. The van der Waals surface area contributed by atoms with Gasteiger partial charge in [-0.05, 0) is 11.6 Å². The van der Waals surface area contributed by atoms with Crippen molar-refractivity contribution in [2.75, 3.05) is 0 Å². The van der Waals surface area contributed by atoms with Gasteiger partial charge in [-0.15, -0.1) is 0 Å². The topological polar surface area (TPSA) is 52.6 Å². The van der Waals surface area contributed by atoms with Crippen LogP contribution in [0.25, 0.3) is 6.08 Å². The van der Waals surface area contributed by atoms with Crippen LogP contribution in [-0.2, 0) is 19.1 Å². The summed E-state index contributed by atoms with van der Waals surface area (Å²) in [6.07, 6.45) is 2.32. The molecule has 1 rings (SSSR count). The molecule has 21 heavy (non-hydrogen) atoms. The molecule has 0 fully saturated rings. The Morgan fingerprint density at radius 2 is 1.38 bits per heavy atom. The Bertz CT molecular complexity index is 467. The first-order chi connectivity index (χ1) is 9.90. The Hall–Kier alpha value is -2.10. The number of esters is 2. The number of hydrogen-bond donors (Lipinski definition) is 0. The third kappa shape index (κ3) is 6.25. The van der Waals surface area contributed by atoms with E-state index in [1.165, 1.54) is 0 Å². The molecule has 114 valence electrons. The smallest absolute Gasteiger partial charge is 0.311 e. The Balaban J connectivity index is 2.78. The van der Waals surface area contributed by atoms with Crippen molar-refractivity contribution in [1.29, 1.82) is 0 Å². The van der Waals surface area contributed by atoms with E-state index in [0.717, 1.165) is 5.56 Å². The summed E-state index contributed by atoms with van der Waals surface area (Å²) in [7, 11) is 0. The van der Waals surface area contributed by atoms with Crippen molar-refractivity contribution in [3.8, 4) is 0 Å². The normalized spacial score (nSPS) is 11.4. The fourth-order valence-electron chi connectivity index (χ4n) is 1.36. The molecule has 1 aromatic carbocycles. The SMILES string of the molecule is CC(C)C(=O)OC(/C=C/c1ccccc1)OC(=O)C(C)C. The summed E-state index contributed by atoms with van der Waals surface area (Å²) in [4.78, 5) is 23.3. The van der Waals surface area contributed by atoms with Gasteiger partial charge in [0, 0.05) is 0 Å². The third-order valence-corrected chi connectivity index (χ3v) is 2.65. The molecular weight excluding hydrogens is 268 g/mol. The summed E-state index contributed by atoms with van der Waals surface area (Å²) in [5.41, 5.74) is 0.934. The van der Waals surface area contributed by atoms with E-state index in [4.69, 9.17) is 9.47 Å². The maximum atomic E-state index is 11.7. The van der Waals surface area contributed by atoms with Gasteiger partial charge in [0.15, 0.2) is 0 Å². The summed E-state index contributed by atoms with van der Waals surface area (Å²) in [5, 5.41) is 0. The van der Waals surface area contributed by atoms with Gasteiger partial charge in [0.1, 0.15) is 0 Å². The zero-order valence-corrected chi connectivity index (χ0v) is 12.9. The van der Waals surface area contributed by atoms with Gasteiger partial charge in [0.2, 0.25) is 0 Å². The van der Waals surface area contributed by atoms with Gasteiger partial charge in [-0.3, -0.25) is 9.59 Å². The van der Waals surface area contributed by atoms with Gasteiger partial charge in [-0.2, -0.15) is 0 Å². The van der Waals surface area contributed by atoms with Gasteiger partial charge < -0.3 is 9.47 Å². The Morgan fingerprint density at radius 1 is 0.905 bits per heavy atom. The highest BCUT2D eigenvalue weighted by molar-refractivity contribution is 5.74. The van der Waals surface area contributed by atoms with Gasteiger partial charge >= 0.3 is 11.9 Å². The van der Waals surface area contributed by atoms with E-state index in [2.05, 4.69) is 0 Å². The lowest BCUT2D eigenvalue weighted by Gasteiger charge is -2.17. The molecule has 0 N–H and O–H groups in total. The zero-order valence-electron chi connectivity index (χ0n) is 12.9. The molecule has 4 nitrogen and oxygen atoms in total. The molecule has 0 aromatic heterocycles. The highest BCUT2D eigenvalue weighted by atomic mass is 16.7. The van der Waals surface area contributed by atoms with Crippen molar-refractivity contribution in [3.63, 3.8) is 0 Å². The standard InChI is InChI=1S/C17H22O4/c1-12(2)16(18)20-15(21-17(19)13(3)4)11-10-14-8-6-5-7-9-14/h5-13,15H,1-4H3/b11-10+. The molecule has 0 aliphatic heterocycles. The number of rotatable bonds is 6. The maximum Gasteiger partial charge on any atom is 0.311 e. The minimum atomic E-state index is -1.00. The second-order valence-electron chi connectivity index (χ2n) is 5.32. The monoisotopic (exact) mass is 290 g/mol. The lowest BCUT2D eigenvalue weighted by atomic mass is 10.2. The van der Waals surface area contributed by atoms with E-state index in [1.807, 2.05) is 30.3 Å². The van der Waals surface area contributed by atoms with Crippen molar-refractivity contribution in [2.45, 2.75) is 34.0 Å². The van der Waals surface area contributed by atoms with E-state index >= 15 is 0 Å². The molecule has 0 aliphatic carbocycles. The predicted octanol–water partition coefficient (Wildman–Crippen LogP) is 3.42. The van der Waals surface area contributed by atoms with Crippen LogP contribution in [0, 0.1) is 11.8 Å². The summed E-state index contributed by atoms with van der Waals surface area (Å²) in [6, 6.07) is 9.51. The molecule has 0 saturated heterocycles. The van der Waals surface area contributed by atoms with Crippen LogP contribution < -0.4 is 0 Å². The fourth-order valence-corrected chi connectivity index (χ4v) is 1.36. The van der Waals surface area contributed by atoms with Crippen molar-refractivity contribution in [3.05, 3.63) is 42.0 Å². The lowest BCUT2D eigenvalue weighted by molar-refractivity contribution is -0.183.